The van der Waals surface area contributed by atoms with E-state index < -0.39 is 0 Å². The molecule has 4 amide bonds. The third-order valence-electron chi connectivity index (χ3n) is 10.8. The number of benzene rings is 2. The highest BCUT2D eigenvalue weighted by Crippen LogP contribution is 2.42. The number of aromatic nitrogens is 3. The molecule has 0 unspecified atom stereocenters. The first kappa shape index (κ1) is 39.9. The lowest BCUT2D eigenvalue weighted by molar-refractivity contribution is -0.145. The van der Waals surface area contributed by atoms with Crippen LogP contribution in [0.3, 0.4) is 0 Å². The minimum atomic E-state index is -0.375. The highest BCUT2D eigenvalue weighted by Gasteiger charge is 2.53. The van der Waals surface area contributed by atoms with Crippen LogP contribution in [0.25, 0.3) is 0 Å². The molecule has 2 aromatic heterocycles. The molecule has 15 nitrogen and oxygen atoms in total. The quantitative estimate of drug-likeness (QED) is 0.171. The number of halogens is 1. The van der Waals surface area contributed by atoms with Crippen molar-refractivity contribution in [3.05, 3.63) is 76.0 Å². The van der Waals surface area contributed by atoms with E-state index in [0.29, 0.717) is 41.0 Å². The summed E-state index contributed by atoms with van der Waals surface area (Å²) >= 11 is 7.15. The molecule has 4 aliphatic rings. The number of piperazine rings is 1. The van der Waals surface area contributed by atoms with Gasteiger partial charge >= 0.3 is 6.03 Å². The SMILES string of the molecule is CNc1c(C)cccc1Cl.Cc1nc(Nc2ncc(C=O)s2)cc(N2CCN(CCCC(=O)N3CC4(C3)CN(c3ccc(N5CCC(=O)NC5=O)cc3)C4)CC2)n1. The summed E-state index contributed by atoms with van der Waals surface area (Å²) in [6.45, 7) is 12.2. The summed E-state index contributed by atoms with van der Waals surface area (Å²) in [7, 11) is 1.87. The molecular weight excluding hydrogens is 766 g/mol. The average Bonchev–Trinajstić information content (AvgIpc) is 3.62. The van der Waals surface area contributed by atoms with Crippen molar-refractivity contribution in [1.82, 2.24) is 30.1 Å². The number of anilines is 6. The van der Waals surface area contributed by atoms with E-state index in [1.54, 1.807) is 11.1 Å². The number of carbonyl (C=O) groups is 4. The summed E-state index contributed by atoms with van der Waals surface area (Å²) in [5, 5.41) is 9.97. The molecule has 0 radical (unpaired) electrons. The third-order valence-corrected chi connectivity index (χ3v) is 11.9. The van der Waals surface area contributed by atoms with E-state index in [-0.39, 0.29) is 23.3 Å². The van der Waals surface area contributed by atoms with Gasteiger partial charge in [-0.05, 0) is 62.7 Å². The zero-order valence-corrected chi connectivity index (χ0v) is 34.0. The first-order valence-electron chi connectivity index (χ1n) is 19.2. The fourth-order valence-electron chi connectivity index (χ4n) is 7.79. The topological polar surface area (TPSA) is 159 Å². The van der Waals surface area contributed by atoms with Crippen molar-refractivity contribution in [2.75, 3.05) is 97.8 Å². The maximum absolute atomic E-state index is 12.9. The Kier molecular flexibility index (Phi) is 12.2. The van der Waals surface area contributed by atoms with Crippen molar-refractivity contribution >= 4 is 80.9 Å². The Morgan fingerprint density at radius 3 is 2.35 bits per heavy atom. The van der Waals surface area contributed by atoms with Gasteiger partial charge in [0.05, 0.1) is 21.8 Å². The molecule has 3 N–H and O–H groups in total. The lowest BCUT2D eigenvalue weighted by Crippen LogP contribution is -2.73. The van der Waals surface area contributed by atoms with Gasteiger partial charge in [-0.25, -0.2) is 19.7 Å². The third kappa shape index (κ3) is 9.46. The minimum Gasteiger partial charge on any atom is -0.387 e. The number of carbonyl (C=O) groups excluding carboxylic acids is 4. The molecular formula is C40H48ClN11O4S. The first-order valence-corrected chi connectivity index (χ1v) is 20.4. The number of nitrogens with one attached hydrogen (secondary N) is 3. The molecule has 8 rings (SSSR count). The maximum atomic E-state index is 12.9. The zero-order valence-electron chi connectivity index (χ0n) is 32.5. The van der Waals surface area contributed by atoms with Crippen LogP contribution in [0.4, 0.5) is 38.6 Å². The highest BCUT2D eigenvalue weighted by molar-refractivity contribution is 7.17. The molecule has 0 bridgehead atoms. The lowest BCUT2D eigenvalue weighted by Gasteiger charge is -2.61. The predicted octanol–water partition coefficient (Wildman–Crippen LogP) is 5.19. The van der Waals surface area contributed by atoms with Crippen molar-refractivity contribution in [2.45, 2.75) is 33.1 Å². The van der Waals surface area contributed by atoms with Crippen LogP contribution >= 0.6 is 22.9 Å². The van der Waals surface area contributed by atoms with E-state index in [1.165, 1.54) is 16.9 Å². The Balaban J connectivity index is 0.000000434. The predicted molar refractivity (Wildman–Crippen MR) is 224 cm³/mol. The molecule has 4 saturated heterocycles. The molecule has 4 aliphatic heterocycles. The number of hydrogen-bond donors (Lipinski definition) is 3. The number of thiazole rings is 1. The number of aldehydes is 1. The molecule has 0 saturated carbocycles. The molecule has 0 aliphatic carbocycles. The Morgan fingerprint density at radius 2 is 1.70 bits per heavy atom. The fraction of sp³-hybridized carbons (Fsp3) is 0.425. The van der Waals surface area contributed by atoms with Crippen LogP contribution in [-0.2, 0) is 9.59 Å². The average molecular weight is 814 g/mol. The van der Waals surface area contributed by atoms with Crippen molar-refractivity contribution < 1.29 is 19.2 Å². The van der Waals surface area contributed by atoms with Crippen molar-refractivity contribution in [3.63, 3.8) is 0 Å². The Labute approximate surface area is 341 Å². The smallest absolute Gasteiger partial charge is 0.328 e. The molecule has 300 valence electrons. The van der Waals surface area contributed by atoms with Gasteiger partial charge in [0, 0.05) is 102 Å². The number of rotatable bonds is 11. The molecule has 0 atom stereocenters. The van der Waals surface area contributed by atoms with E-state index in [9.17, 15) is 19.2 Å². The van der Waals surface area contributed by atoms with E-state index in [1.807, 2.05) is 74.3 Å². The molecule has 17 heteroatoms. The molecule has 6 heterocycles. The molecule has 57 heavy (non-hydrogen) atoms. The van der Waals surface area contributed by atoms with Gasteiger partial charge in [-0.15, -0.1) is 0 Å². The second kappa shape index (κ2) is 17.4. The van der Waals surface area contributed by atoms with Crippen molar-refractivity contribution in [2.24, 2.45) is 5.41 Å². The van der Waals surface area contributed by atoms with Crippen molar-refractivity contribution in [3.8, 4) is 0 Å². The number of hydrogen-bond acceptors (Lipinski definition) is 13. The first-order chi connectivity index (χ1) is 27.5. The Hall–Kier alpha value is -5.32. The number of para-hydroxylation sites is 1. The van der Waals surface area contributed by atoms with Crippen LogP contribution < -0.4 is 30.7 Å². The van der Waals surface area contributed by atoms with E-state index in [2.05, 4.69) is 45.6 Å². The highest BCUT2D eigenvalue weighted by atomic mass is 35.5. The lowest BCUT2D eigenvalue weighted by atomic mass is 9.72. The van der Waals surface area contributed by atoms with Gasteiger partial charge < -0.3 is 25.3 Å². The number of aryl methyl sites for hydroxylation is 2. The second-order valence-electron chi connectivity index (χ2n) is 15.0. The van der Waals surface area contributed by atoms with Crippen LogP contribution in [0, 0.1) is 19.3 Å². The molecule has 1 spiro atoms. The summed E-state index contributed by atoms with van der Waals surface area (Å²) < 4.78 is 0. The number of likely N-dealkylation sites (tertiary alicyclic amines) is 1. The van der Waals surface area contributed by atoms with E-state index in [4.69, 9.17) is 11.6 Å². The summed E-state index contributed by atoms with van der Waals surface area (Å²) in [5.74, 6) is 2.19. The number of nitrogens with zero attached hydrogens (tertiary/aromatic N) is 8. The zero-order chi connectivity index (χ0) is 40.1. The molecule has 4 fully saturated rings. The summed E-state index contributed by atoms with van der Waals surface area (Å²) in [6.07, 6.45) is 4.05. The van der Waals surface area contributed by atoms with Crippen LogP contribution in [0.2, 0.25) is 5.02 Å². The van der Waals surface area contributed by atoms with Gasteiger partial charge in [-0.3, -0.25) is 29.5 Å². The van der Waals surface area contributed by atoms with Gasteiger partial charge in [0.25, 0.3) is 0 Å². The summed E-state index contributed by atoms with van der Waals surface area (Å²) in [6, 6.07) is 15.3. The van der Waals surface area contributed by atoms with Gasteiger partial charge in [0.2, 0.25) is 11.8 Å². The van der Waals surface area contributed by atoms with E-state index >= 15 is 0 Å². The van der Waals surface area contributed by atoms with Gasteiger partial charge in [0.1, 0.15) is 17.5 Å². The summed E-state index contributed by atoms with van der Waals surface area (Å²) in [4.78, 5) is 71.9. The minimum absolute atomic E-state index is 0.186. The van der Waals surface area contributed by atoms with Crippen molar-refractivity contribution in [1.29, 1.82) is 0 Å². The second-order valence-corrected chi connectivity index (χ2v) is 16.4. The number of urea groups is 1. The van der Waals surface area contributed by atoms with E-state index in [0.717, 1.165) is 99.5 Å². The standard InChI is InChI=1S/C32H38N10O4S.C8H10ClN/c1-22-34-26(36-30-33-16-25(17-43)47-30)15-27(35-22)39-13-11-38(12-14-39)9-2-3-29(45)41-20-32(21-41)18-40(19-32)23-4-6-24(7-5-23)42-10-8-28(44)37-31(42)46;1-6-4-3-5-7(9)8(6)10-2/h4-7,15-17H,2-3,8-14,18-21H2,1H3,(H,37,44,46)(H,33,34,35,36);3-5,10H,1-2H3. The Morgan fingerprint density at radius 1 is 0.965 bits per heavy atom. The largest absolute Gasteiger partial charge is 0.387 e. The normalized spacial score (nSPS) is 17.6. The maximum Gasteiger partial charge on any atom is 0.328 e. The van der Waals surface area contributed by atoms with Crippen LogP contribution in [0.5, 0.6) is 0 Å². The fourth-order valence-corrected chi connectivity index (χ4v) is 8.74. The van der Waals surface area contributed by atoms with Crippen LogP contribution in [0.15, 0.2) is 54.7 Å². The number of amides is 4. The van der Waals surface area contributed by atoms with Crippen LogP contribution in [-0.4, -0.2) is 121 Å². The van der Waals surface area contributed by atoms with Gasteiger partial charge in [0.15, 0.2) is 11.4 Å². The van der Waals surface area contributed by atoms with Gasteiger partial charge in [-0.1, -0.05) is 35.1 Å². The van der Waals surface area contributed by atoms with Gasteiger partial charge in [-0.2, -0.15) is 0 Å². The van der Waals surface area contributed by atoms with Crippen LogP contribution in [0.1, 0.15) is 40.3 Å². The Bertz CT molecular complexity index is 2070. The summed E-state index contributed by atoms with van der Waals surface area (Å²) in [5.41, 5.74) is 4.27. The molecule has 2 aromatic carbocycles. The number of imide groups is 1. The molecule has 4 aromatic rings. The monoisotopic (exact) mass is 813 g/mol.